The van der Waals surface area contributed by atoms with Crippen molar-refractivity contribution in [2.24, 2.45) is 0 Å². The summed E-state index contributed by atoms with van der Waals surface area (Å²) < 4.78 is 40.4. The molecule has 16 heavy (non-hydrogen) atoms. The minimum atomic E-state index is -5.21. The first-order valence-corrected chi connectivity index (χ1v) is 4.25. The highest BCUT2D eigenvalue weighted by molar-refractivity contribution is 6.07. The Balaban J connectivity index is 4.87. The molecule has 1 N–H and O–H groups in total. The summed E-state index contributed by atoms with van der Waals surface area (Å²) in [6, 6.07) is -2.34. The number of rotatable bonds is 4. The molecule has 0 heterocycles. The lowest BCUT2D eigenvalue weighted by molar-refractivity contribution is -0.178. The Kier molecular flexibility index (Phi) is 4.93. The minimum absolute atomic E-state index is 0.194. The van der Waals surface area contributed by atoms with E-state index < -0.39 is 29.9 Å². The van der Waals surface area contributed by atoms with Gasteiger partial charge in [-0.3, -0.25) is 9.59 Å². The number of amides is 1. The third-order valence-corrected chi connectivity index (χ3v) is 1.41. The fourth-order valence-electron chi connectivity index (χ4n) is 0.824. The highest BCUT2D eigenvalue weighted by Gasteiger charge is 2.47. The van der Waals surface area contributed by atoms with Crippen molar-refractivity contribution in [2.45, 2.75) is 26.1 Å². The number of ketones is 1. The third kappa shape index (κ3) is 4.28. The Bertz CT molecular complexity index is 300. The maximum Gasteiger partial charge on any atom is 0.452 e. The molecule has 0 saturated heterocycles. The summed E-state index contributed by atoms with van der Waals surface area (Å²) in [6.45, 7) is 2.05. The summed E-state index contributed by atoms with van der Waals surface area (Å²) in [6.07, 6.45) is -5.21. The monoisotopic (exact) mass is 241 g/mol. The number of hydrogen-bond donors (Lipinski definition) is 1. The van der Waals surface area contributed by atoms with E-state index in [9.17, 15) is 27.6 Å². The second-order valence-electron chi connectivity index (χ2n) is 2.75. The largest absolute Gasteiger partial charge is 0.464 e. The van der Waals surface area contributed by atoms with E-state index in [4.69, 9.17) is 0 Å². The normalized spacial score (nSPS) is 12.8. The number of halogens is 3. The minimum Gasteiger partial charge on any atom is -0.464 e. The Morgan fingerprint density at radius 1 is 1.31 bits per heavy atom. The number of Topliss-reactive ketones (excluding diaryl/α,β-unsaturated/α-hetero) is 1. The number of alkyl halides is 3. The molecule has 1 amide bonds. The molecule has 0 aliphatic carbocycles. The molecule has 5 nitrogen and oxygen atoms in total. The van der Waals surface area contributed by atoms with E-state index in [2.05, 4.69) is 4.74 Å². The molecule has 0 unspecified atom stereocenters. The maximum absolute atomic E-state index is 12.0. The van der Waals surface area contributed by atoms with Gasteiger partial charge in [-0.2, -0.15) is 13.2 Å². The Labute approximate surface area is 88.9 Å². The van der Waals surface area contributed by atoms with E-state index in [0.717, 1.165) is 6.92 Å². The zero-order valence-corrected chi connectivity index (χ0v) is 8.55. The van der Waals surface area contributed by atoms with Crippen LogP contribution in [0.2, 0.25) is 0 Å². The van der Waals surface area contributed by atoms with E-state index in [-0.39, 0.29) is 6.61 Å². The number of ether oxygens (including phenoxy) is 1. The van der Waals surface area contributed by atoms with Crippen LogP contribution in [0.1, 0.15) is 13.8 Å². The second-order valence-corrected chi connectivity index (χ2v) is 2.75. The Hall–Kier alpha value is -1.60. The van der Waals surface area contributed by atoms with Crippen LogP contribution in [0.15, 0.2) is 0 Å². The van der Waals surface area contributed by atoms with Gasteiger partial charge in [0, 0.05) is 6.92 Å². The fourth-order valence-corrected chi connectivity index (χ4v) is 0.824. The fraction of sp³-hybridized carbons (Fsp3) is 0.625. The lowest BCUT2D eigenvalue weighted by Gasteiger charge is -2.16. The molecule has 0 aromatic carbocycles. The van der Waals surface area contributed by atoms with Gasteiger partial charge in [0.2, 0.25) is 5.91 Å². The van der Waals surface area contributed by atoms with E-state index >= 15 is 0 Å². The van der Waals surface area contributed by atoms with Crippen molar-refractivity contribution in [1.82, 2.24) is 5.32 Å². The highest BCUT2D eigenvalue weighted by atomic mass is 19.4. The van der Waals surface area contributed by atoms with Gasteiger partial charge in [-0.05, 0) is 6.92 Å². The van der Waals surface area contributed by atoms with Crippen molar-refractivity contribution in [2.75, 3.05) is 6.61 Å². The summed E-state index contributed by atoms with van der Waals surface area (Å²) >= 11 is 0. The van der Waals surface area contributed by atoms with Crippen LogP contribution in [-0.4, -0.2) is 36.5 Å². The van der Waals surface area contributed by atoms with Gasteiger partial charge in [0.15, 0.2) is 6.04 Å². The van der Waals surface area contributed by atoms with Gasteiger partial charge in [-0.25, -0.2) is 4.79 Å². The van der Waals surface area contributed by atoms with Crippen LogP contribution in [0.4, 0.5) is 13.2 Å². The molecule has 0 rings (SSSR count). The van der Waals surface area contributed by atoms with E-state index in [0.29, 0.717) is 0 Å². The number of hydrogen-bond acceptors (Lipinski definition) is 4. The van der Waals surface area contributed by atoms with Gasteiger partial charge in [-0.15, -0.1) is 0 Å². The van der Waals surface area contributed by atoms with Crippen molar-refractivity contribution in [3.8, 4) is 0 Å². The molecule has 0 aliphatic rings. The van der Waals surface area contributed by atoms with Crippen LogP contribution < -0.4 is 5.32 Å². The van der Waals surface area contributed by atoms with E-state index in [1.165, 1.54) is 6.92 Å². The summed E-state index contributed by atoms with van der Waals surface area (Å²) in [5.74, 6) is -4.73. The van der Waals surface area contributed by atoms with Crippen LogP contribution in [0.5, 0.6) is 0 Å². The second kappa shape index (κ2) is 5.47. The van der Waals surface area contributed by atoms with Crippen molar-refractivity contribution < 1.29 is 32.3 Å². The number of carbonyl (C=O) groups is 3. The standard InChI is InChI=1S/C8H10F3NO4/c1-3-16-7(15)5(12-4(2)13)6(14)8(9,10)11/h5H,3H2,1-2H3,(H,12,13)/t5-/m1/s1. The van der Waals surface area contributed by atoms with Crippen molar-refractivity contribution >= 4 is 17.7 Å². The summed E-state index contributed by atoms with van der Waals surface area (Å²) in [4.78, 5) is 32.3. The smallest absolute Gasteiger partial charge is 0.452 e. The van der Waals surface area contributed by atoms with Crippen LogP contribution >= 0.6 is 0 Å². The average Bonchev–Trinajstić information content (AvgIpc) is 2.11. The first-order chi connectivity index (χ1) is 7.20. The predicted molar refractivity (Wildman–Crippen MR) is 45.3 cm³/mol. The SMILES string of the molecule is CCOC(=O)[C@H](NC(C)=O)C(=O)C(F)(F)F. The zero-order chi connectivity index (χ0) is 12.9. The summed E-state index contributed by atoms with van der Waals surface area (Å²) in [7, 11) is 0. The lowest BCUT2D eigenvalue weighted by atomic mass is 10.2. The first-order valence-electron chi connectivity index (χ1n) is 4.25. The molecule has 0 radical (unpaired) electrons. The molecule has 0 aliphatic heterocycles. The van der Waals surface area contributed by atoms with Gasteiger partial charge < -0.3 is 10.1 Å². The van der Waals surface area contributed by atoms with Gasteiger partial charge in [0.25, 0.3) is 5.78 Å². The molecule has 0 fully saturated rings. The molecule has 0 aromatic rings. The number of nitrogens with one attached hydrogen (secondary N) is 1. The predicted octanol–water partition coefficient (Wildman–Crippen LogP) is 0.186. The quantitative estimate of drug-likeness (QED) is 0.563. The van der Waals surface area contributed by atoms with Crippen LogP contribution in [0.25, 0.3) is 0 Å². The lowest BCUT2D eigenvalue weighted by Crippen LogP contribution is -2.51. The first kappa shape index (κ1) is 14.4. The maximum atomic E-state index is 12.0. The Morgan fingerprint density at radius 2 is 1.81 bits per heavy atom. The third-order valence-electron chi connectivity index (χ3n) is 1.41. The van der Waals surface area contributed by atoms with E-state index in [1.54, 1.807) is 5.32 Å². The molecule has 8 heteroatoms. The molecule has 0 bridgehead atoms. The highest BCUT2D eigenvalue weighted by Crippen LogP contribution is 2.18. The average molecular weight is 241 g/mol. The van der Waals surface area contributed by atoms with Gasteiger partial charge in [-0.1, -0.05) is 0 Å². The molecular formula is C8H10F3NO4. The molecule has 0 aromatic heterocycles. The van der Waals surface area contributed by atoms with Crippen molar-refractivity contribution in [3.63, 3.8) is 0 Å². The number of carbonyl (C=O) groups excluding carboxylic acids is 3. The molecule has 0 spiro atoms. The van der Waals surface area contributed by atoms with Crippen molar-refractivity contribution in [1.29, 1.82) is 0 Å². The van der Waals surface area contributed by atoms with Crippen LogP contribution in [-0.2, 0) is 19.1 Å². The zero-order valence-electron chi connectivity index (χ0n) is 8.55. The van der Waals surface area contributed by atoms with Crippen molar-refractivity contribution in [3.05, 3.63) is 0 Å². The number of esters is 1. The van der Waals surface area contributed by atoms with Crippen LogP contribution in [0.3, 0.4) is 0 Å². The van der Waals surface area contributed by atoms with Gasteiger partial charge >= 0.3 is 12.1 Å². The van der Waals surface area contributed by atoms with Gasteiger partial charge in [0.05, 0.1) is 6.61 Å². The van der Waals surface area contributed by atoms with Gasteiger partial charge in [0.1, 0.15) is 0 Å². The van der Waals surface area contributed by atoms with Crippen LogP contribution in [0, 0.1) is 0 Å². The Morgan fingerprint density at radius 3 is 2.12 bits per heavy atom. The molecule has 0 saturated carbocycles. The van der Waals surface area contributed by atoms with E-state index in [1.807, 2.05) is 0 Å². The molecule has 1 atom stereocenters. The molecule has 92 valence electrons. The summed E-state index contributed by atoms with van der Waals surface area (Å²) in [5, 5.41) is 1.59. The summed E-state index contributed by atoms with van der Waals surface area (Å²) in [5.41, 5.74) is 0. The topological polar surface area (TPSA) is 72.5 Å². The molecular weight excluding hydrogens is 231 g/mol.